The van der Waals surface area contributed by atoms with Gasteiger partial charge in [0.05, 0.1) is 13.0 Å². The molecule has 25 heavy (non-hydrogen) atoms. The van der Waals surface area contributed by atoms with Crippen LogP contribution < -0.4 is 4.74 Å². The van der Waals surface area contributed by atoms with E-state index < -0.39 is 0 Å². The lowest BCUT2D eigenvalue weighted by molar-refractivity contribution is -0.143. The Kier molecular flexibility index (Phi) is 6.88. The van der Waals surface area contributed by atoms with E-state index in [2.05, 4.69) is 6.58 Å². The second-order valence-corrected chi connectivity index (χ2v) is 6.57. The zero-order valence-electron chi connectivity index (χ0n) is 14.8. The van der Waals surface area contributed by atoms with Crippen LogP contribution in [0.3, 0.4) is 0 Å². The maximum atomic E-state index is 13.0. The molecule has 0 N–H and O–H groups in total. The van der Waals surface area contributed by atoms with Crippen LogP contribution in [0.2, 0.25) is 5.02 Å². The third-order valence-corrected chi connectivity index (χ3v) is 4.73. The fourth-order valence-electron chi connectivity index (χ4n) is 3.13. The summed E-state index contributed by atoms with van der Waals surface area (Å²) in [6, 6.07) is 5.40. The Bertz CT molecular complexity index is 648. The van der Waals surface area contributed by atoms with Crippen LogP contribution in [0.4, 0.5) is 0 Å². The number of methoxy groups -OCH3 is 1. The summed E-state index contributed by atoms with van der Waals surface area (Å²) in [5, 5.41) is 0.611. The lowest BCUT2D eigenvalue weighted by atomic mass is 9.95. The molecular formula is C19H25ClN2O3. The molecule has 0 saturated carbocycles. The summed E-state index contributed by atoms with van der Waals surface area (Å²) in [7, 11) is 1.60. The van der Waals surface area contributed by atoms with Gasteiger partial charge in [-0.3, -0.25) is 9.59 Å². The van der Waals surface area contributed by atoms with Gasteiger partial charge in [-0.25, -0.2) is 0 Å². The van der Waals surface area contributed by atoms with E-state index in [1.165, 1.54) is 0 Å². The molecule has 2 rings (SSSR count). The van der Waals surface area contributed by atoms with E-state index in [1.807, 2.05) is 13.0 Å². The highest BCUT2D eigenvalue weighted by Gasteiger charge is 2.32. The molecule has 0 radical (unpaired) electrons. The van der Waals surface area contributed by atoms with Crippen LogP contribution in [0, 0.1) is 5.92 Å². The SMILES string of the molecule is C=CCN1C[C@@H](C(=O)N(CC)Cc2cc(Cl)ccc2OC)CCC1=O. The molecule has 1 aromatic carbocycles. The van der Waals surface area contributed by atoms with E-state index in [0.717, 1.165) is 5.56 Å². The minimum Gasteiger partial charge on any atom is -0.496 e. The van der Waals surface area contributed by atoms with Crippen molar-refractivity contribution < 1.29 is 14.3 Å². The Labute approximate surface area is 154 Å². The van der Waals surface area contributed by atoms with E-state index in [0.29, 0.717) is 49.8 Å². The molecule has 1 atom stereocenters. The van der Waals surface area contributed by atoms with Gasteiger partial charge in [0.25, 0.3) is 0 Å². The Morgan fingerprint density at radius 3 is 2.92 bits per heavy atom. The number of carbonyl (C=O) groups is 2. The molecule has 5 nitrogen and oxygen atoms in total. The minimum atomic E-state index is -0.178. The first-order valence-corrected chi connectivity index (χ1v) is 8.87. The van der Waals surface area contributed by atoms with Crippen LogP contribution >= 0.6 is 11.6 Å². The monoisotopic (exact) mass is 364 g/mol. The van der Waals surface area contributed by atoms with E-state index in [-0.39, 0.29) is 17.7 Å². The number of rotatable bonds is 7. The van der Waals surface area contributed by atoms with Crippen molar-refractivity contribution in [2.24, 2.45) is 5.92 Å². The molecule has 1 saturated heterocycles. The zero-order chi connectivity index (χ0) is 18.4. The molecule has 0 spiro atoms. The Balaban J connectivity index is 2.12. The van der Waals surface area contributed by atoms with Crippen molar-refractivity contribution in [3.05, 3.63) is 41.4 Å². The van der Waals surface area contributed by atoms with Crippen molar-refractivity contribution in [1.29, 1.82) is 0 Å². The number of ether oxygens (including phenoxy) is 1. The summed E-state index contributed by atoms with van der Waals surface area (Å²) in [6.07, 6.45) is 2.69. The first kappa shape index (κ1) is 19.3. The van der Waals surface area contributed by atoms with E-state index in [9.17, 15) is 9.59 Å². The third-order valence-electron chi connectivity index (χ3n) is 4.50. The van der Waals surface area contributed by atoms with Crippen molar-refractivity contribution in [1.82, 2.24) is 9.80 Å². The Morgan fingerprint density at radius 1 is 1.52 bits per heavy atom. The molecule has 1 fully saturated rings. The largest absolute Gasteiger partial charge is 0.496 e. The van der Waals surface area contributed by atoms with Crippen molar-refractivity contribution in [3.63, 3.8) is 0 Å². The lowest BCUT2D eigenvalue weighted by Crippen LogP contribution is -2.46. The molecule has 0 bridgehead atoms. The summed E-state index contributed by atoms with van der Waals surface area (Å²) >= 11 is 6.09. The minimum absolute atomic E-state index is 0.0612. The highest BCUT2D eigenvalue weighted by Crippen LogP contribution is 2.26. The Hall–Kier alpha value is -2.01. The third kappa shape index (κ3) is 4.75. The van der Waals surface area contributed by atoms with Gasteiger partial charge in [0.2, 0.25) is 11.8 Å². The first-order valence-electron chi connectivity index (χ1n) is 8.50. The zero-order valence-corrected chi connectivity index (χ0v) is 15.6. The molecule has 1 aliphatic rings. The summed E-state index contributed by atoms with van der Waals surface area (Å²) in [4.78, 5) is 28.4. The van der Waals surface area contributed by atoms with Gasteiger partial charge in [0.1, 0.15) is 5.75 Å². The summed E-state index contributed by atoms with van der Waals surface area (Å²) in [5.41, 5.74) is 0.875. The predicted molar refractivity (Wildman–Crippen MR) is 98.6 cm³/mol. The standard InChI is InChI=1S/C19H25ClN2O3/c1-4-10-22-12-14(6-9-18(22)23)19(24)21(5-2)13-15-11-16(20)7-8-17(15)25-3/h4,7-8,11,14H,1,5-6,9-10,12-13H2,2-3H3/t14-/m0/s1. The molecule has 1 aromatic rings. The molecule has 0 aromatic heterocycles. The van der Waals surface area contributed by atoms with Gasteiger partial charge in [-0.2, -0.15) is 0 Å². The second-order valence-electron chi connectivity index (χ2n) is 6.13. The van der Waals surface area contributed by atoms with Crippen molar-refractivity contribution in [2.45, 2.75) is 26.3 Å². The molecule has 2 amide bonds. The average Bonchev–Trinajstić information content (AvgIpc) is 2.61. The van der Waals surface area contributed by atoms with Crippen LogP contribution in [0.5, 0.6) is 5.75 Å². The van der Waals surface area contributed by atoms with Crippen LogP contribution in [0.25, 0.3) is 0 Å². The number of hydrogen-bond donors (Lipinski definition) is 0. The average molecular weight is 365 g/mol. The molecule has 0 unspecified atom stereocenters. The van der Waals surface area contributed by atoms with Gasteiger partial charge in [-0.1, -0.05) is 17.7 Å². The molecule has 136 valence electrons. The second kappa shape index (κ2) is 8.90. The van der Waals surface area contributed by atoms with Crippen LogP contribution in [0.15, 0.2) is 30.9 Å². The smallest absolute Gasteiger partial charge is 0.227 e. The van der Waals surface area contributed by atoms with E-state index in [4.69, 9.17) is 16.3 Å². The first-order chi connectivity index (χ1) is 12.0. The fourth-order valence-corrected chi connectivity index (χ4v) is 3.32. The van der Waals surface area contributed by atoms with Gasteiger partial charge < -0.3 is 14.5 Å². The molecule has 1 aliphatic heterocycles. The van der Waals surface area contributed by atoms with Gasteiger partial charge in [-0.15, -0.1) is 6.58 Å². The summed E-state index contributed by atoms with van der Waals surface area (Å²) < 4.78 is 5.37. The molecule has 1 heterocycles. The maximum Gasteiger partial charge on any atom is 0.227 e. The van der Waals surface area contributed by atoms with Gasteiger partial charge in [0.15, 0.2) is 0 Å². The number of likely N-dealkylation sites (tertiary alicyclic amines) is 1. The van der Waals surface area contributed by atoms with Crippen molar-refractivity contribution in [2.75, 3.05) is 26.7 Å². The molecule has 6 heteroatoms. The van der Waals surface area contributed by atoms with Gasteiger partial charge in [-0.05, 0) is 31.5 Å². The highest BCUT2D eigenvalue weighted by atomic mass is 35.5. The highest BCUT2D eigenvalue weighted by molar-refractivity contribution is 6.30. The number of halogens is 1. The lowest BCUT2D eigenvalue weighted by Gasteiger charge is -2.34. The molecular weight excluding hydrogens is 340 g/mol. The van der Waals surface area contributed by atoms with Crippen molar-refractivity contribution >= 4 is 23.4 Å². The fraction of sp³-hybridized carbons (Fsp3) is 0.474. The van der Waals surface area contributed by atoms with Gasteiger partial charge >= 0.3 is 0 Å². The number of nitrogens with zero attached hydrogens (tertiary/aromatic N) is 2. The van der Waals surface area contributed by atoms with Gasteiger partial charge in [0, 0.05) is 43.2 Å². The maximum absolute atomic E-state index is 13.0. The van der Waals surface area contributed by atoms with Crippen molar-refractivity contribution in [3.8, 4) is 5.75 Å². The molecule has 0 aliphatic carbocycles. The number of benzene rings is 1. The summed E-state index contributed by atoms with van der Waals surface area (Å²) in [6.45, 7) is 7.58. The van der Waals surface area contributed by atoms with Crippen LogP contribution in [-0.4, -0.2) is 48.4 Å². The number of carbonyl (C=O) groups excluding carboxylic acids is 2. The van der Waals surface area contributed by atoms with Crippen LogP contribution in [-0.2, 0) is 16.1 Å². The number of hydrogen-bond acceptors (Lipinski definition) is 3. The Morgan fingerprint density at radius 2 is 2.28 bits per heavy atom. The van der Waals surface area contributed by atoms with E-state index in [1.54, 1.807) is 35.1 Å². The normalized spacial score (nSPS) is 17.3. The predicted octanol–water partition coefficient (Wildman–Crippen LogP) is 3.12. The van der Waals surface area contributed by atoms with Crippen LogP contribution in [0.1, 0.15) is 25.3 Å². The van der Waals surface area contributed by atoms with E-state index >= 15 is 0 Å². The quantitative estimate of drug-likeness (QED) is 0.698. The summed E-state index contributed by atoms with van der Waals surface area (Å²) in [5.74, 6) is 0.681. The number of amides is 2. The topological polar surface area (TPSA) is 49.9 Å². The number of piperidine rings is 1.